The maximum atomic E-state index is 12.9. The van der Waals surface area contributed by atoms with Crippen LogP contribution in [0.15, 0.2) is 78.9 Å². The molecule has 2 aliphatic rings. The predicted octanol–water partition coefficient (Wildman–Crippen LogP) is 3.03. The Kier molecular flexibility index (Phi) is 6.59. The normalized spacial score (nSPS) is 15.9. The van der Waals surface area contributed by atoms with Crippen molar-refractivity contribution in [1.29, 1.82) is 0 Å². The van der Waals surface area contributed by atoms with Crippen LogP contribution in [0.2, 0.25) is 0 Å². The molecular weight excluding hydrogens is 440 g/mol. The van der Waals surface area contributed by atoms with E-state index in [9.17, 15) is 14.4 Å². The summed E-state index contributed by atoms with van der Waals surface area (Å²) in [6.07, 6.45) is 0. The molecule has 7 heteroatoms. The van der Waals surface area contributed by atoms with Crippen LogP contribution in [0.3, 0.4) is 0 Å². The highest BCUT2D eigenvalue weighted by molar-refractivity contribution is 6.22. The van der Waals surface area contributed by atoms with Crippen LogP contribution in [0, 0.1) is 0 Å². The molecule has 5 rings (SSSR count). The van der Waals surface area contributed by atoms with Gasteiger partial charge in [0.25, 0.3) is 17.7 Å². The Morgan fingerprint density at radius 2 is 1.43 bits per heavy atom. The van der Waals surface area contributed by atoms with E-state index in [0.29, 0.717) is 17.7 Å². The number of carbonyl (C=O) groups excluding carboxylic acids is 3. The predicted molar refractivity (Wildman–Crippen MR) is 135 cm³/mol. The van der Waals surface area contributed by atoms with Crippen molar-refractivity contribution < 1.29 is 14.4 Å². The average Bonchev–Trinajstić information content (AvgIpc) is 3.14. The molecule has 2 aliphatic heterocycles. The first-order valence-electron chi connectivity index (χ1n) is 11.9. The Morgan fingerprint density at radius 3 is 2.14 bits per heavy atom. The number of nitrogens with zero attached hydrogens (tertiary/aromatic N) is 3. The molecule has 1 saturated heterocycles. The lowest BCUT2D eigenvalue weighted by molar-refractivity contribution is 0.0642. The zero-order valence-corrected chi connectivity index (χ0v) is 19.5. The Bertz CT molecular complexity index is 1220. The van der Waals surface area contributed by atoms with Crippen molar-refractivity contribution in [3.05, 3.63) is 101 Å². The Balaban J connectivity index is 1.13. The number of hydrogen-bond donors (Lipinski definition) is 1. The number of imide groups is 1. The van der Waals surface area contributed by atoms with Crippen LogP contribution in [0.4, 0.5) is 5.69 Å². The van der Waals surface area contributed by atoms with E-state index in [1.54, 1.807) is 12.1 Å². The molecule has 3 aromatic carbocycles. The number of fused-ring (bicyclic) bond motifs is 1. The molecular formula is C28H28N4O3. The fourth-order valence-corrected chi connectivity index (χ4v) is 4.64. The topological polar surface area (TPSA) is 73.0 Å². The summed E-state index contributed by atoms with van der Waals surface area (Å²) in [4.78, 5) is 44.3. The van der Waals surface area contributed by atoms with Gasteiger partial charge in [-0.05, 0) is 35.9 Å². The van der Waals surface area contributed by atoms with Gasteiger partial charge in [0.05, 0.1) is 17.7 Å². The summed E-state index contributed by atoms with van der Waals surface area (Å²) in [5, 5.41) is 2.95. The Hall–Kier alpha value is -3.97. The highest BCUT2D eigenvalue weighted by Crippen LogP contribution is 2.25. The molecule has 0 radical (unpaired) electrons. The van der Waals surface area contributed by atoms with Crippen molar-refractivity contribution in [1.82, 2.24) is 15.1 Å². The molecule has 7 nitrogen and oxygen atoms in total. The van der Waals surface area contributed by atoms with E-state index >= 15 is 0 Å². The van der Waals surface area contributed by atoms with Gasteiger partial charge >= 0.3 is 0 Å². The molecule has 0 aromatic heterocycles. The second-order valence-electron chi connectivity index (χ2n) is 8.86. The summed E-state index contributed by atoms with van der Waals surface area (Å²) in [5.74, 6) is -0.923. The van der Waals surface area contributed by atoms with Gasteiger partial charge in [-0.1, -0.05) is 48.5 Å². The molecule has 0 bridgehead atoms. The van der Waals surface area contributed by atoms with Crippen LogP contribution in [0.25, 0.3) is 0 Å². The summed E-state index contributed by atoms with van der Waals surface area (Å²) < 4.78 is 0. The van der Waals surface area contributed by atoms with Gasteiger partial charge in [-0.15, -0.1) is 0 Å². The summed E-state index contributed by atoms with van der Waals surface area (Å²) >= 11 is 0. The highest BCUT2D eigenvalue weighted by atomic mass is 16.2. The minimum Gasteiger partial charge on any atom is -0.369 e. The molecule has 0 aliphatic carbocycles. The zero-order chi connectivity index (χ0) is 24.2. The number of piperazine rings is 1. The molecule has 178 valence electrons. The second kappa shape index (κ2) is 10.1. The molecule has 3 amide bonds. The third-order valence-corrected chi connectivity index (χ3v) is 6.62. The number of carbonyl (C=O) groups is 3. The van der Waals surface area contributed by atoms with Crippen molar-refractivity contribution in [3.8, 4) is 0 Å². The molecule has 35 heavy (non-hydrogen) atoms. The molecule has 2 heterocycles. The molecule has 3 aromatic rings. The summed E-state index contributed by atoms with van der Waals surface area (Å²) in [5.41, 5.74) is 3.15. The molecule has 0 atom stereocenters. The van der Waals surface area contributed by atoms with Gasteiger partial charge in [0.15, 0.2) is 0 Å². The minimum atomic E-state index is -0.361. The number of amides is 3. The fraction of sp³-hybridized carbons (Fsp3) is 0.250. The third-order valence-electron chi connectivity index (χ3n) is 6.62. The fourth-order valence-electron chi connectivity index (χ4n) is 4.64. The van der Waals surface area contributed by atoms with E-state index in [1.807, 2.05) is 36.4 Å². The van der Waals surface area contributed by atoms with Crippen molar-refractivity contribution in [2.75, 3.05) is 44.2 Å². The van der Waals surface area contributed by atoms with Crippen LogP contribution in [0.5, 0.6) is 0 Å². The lowest BCUT2D eigenvalue weighted by Gasteiger charge is -2.36. The van der Waals surface area contributed by atoms with Crippen molar-refractivity contribution in [2.45, 2.75) is 6.54 Å². The monoisotopic (exact) mass is 468 g/mol. The molecule has 0 saturated carbocycles. The third kappa shape index (κ3) is 4.95. The van der Waals surface area contributed by atoms with Crippen LogP contribution in [-0.4, -0.2) is 66.8 Å². The van der Waals surface area contributed by atoms with Crippen LogP contribution in [-0.2, 0) is 6.54 Å². The lowest BCUT2D eigenvalue weighted by atomic mass is 10.1. The minimum absolute atomic E-state index is 0.215. The van der Waals surface area contributed by atoms with Gasteiger partial charge in [-0.3, -0.25) is 24.2 Å². The van der Waals surface area contributed by atoms with Crippen LogP contribution >= 0.6 is 0 Å². The maximum absolute atomic E-state index is 12.9. The van der Waals surface area contributed by atoms with Gasteiger partial charge in [0.1, 0.15) is 0 Å². The van der Waals surface area contributed by atoms with E-state index in [-0.39, 0.29) is 29.8 Å². The molecule has 1 N–H and O–H groups in total. The van der Waals surface area contributed by atoms with E-state index in [1.165, 1.54) is 16.7 Å². The Labute approximate surface area is 204 Å². The van der Waals surface area contributed by atoms with Crippen molar-refractivity contribution >= 4 is 23.4 Å². The number of rotatable bonds is 7. The molecule has 0 unspecified atom stereocenters. The first-order chi connectivity index (χ1) is 17.1. The summed E-state index contributed by atoms with van der Waals surface area (Å²) in [6.45, 7) is 5.30. The van der Waals surface area contributed by atoms with Crippen molar-refractivity contribution in [3.63, 3.8) is 0 Å². The SMILES string of the molecule is O=C(NCCN1CCN(c2ccccc2)CC1)c1ccc2c(c1)C(=O)N(Cc1ccccc1)C2=O. The summed E-state index contributed by atoms with van der Waals surface area (Å²) in [7, 11) is 0. The molecule has 1 fully saturated rings. The number of benzene rings is 3. The first-order valence-corrected chi connectivity index (χ1v) is 11.9. The molecule has 0 spiro atoms. The smallest absolute Gasteiger partial charge is 0.261 e. The highest BCUT2D eigenvalue weighted by Gasteiger charge is 2.36. The standard InChI is InChI=1S/C28H28N4O3/c33-26(29-13-14-30-15-17-31(18-16-30)23-9-5-2-6-10-23)22-11-12-24-25(19-22)28(35)32(27(24)34)20-21-7-3-1-4-8-21/h1-12,19H,13-18,20H2,(H,29,33). The van der Waals surface area contributed by atoms with Crippen LogP contribution in [0.1, 0.15) is 36.6 Å². The first kappa shape index (κ1) is 22.8. The number of hydrogen-bond acceptors (Lipinski definition) is 5. The Morgan fingerprint density at radius 1 is 0.771 bits per heavy atom. The van der Waals surface area contributed by atoms with Crippen molar-refractivity contribution in [2.24, 2.45) is 0 Å². The van der Waals surface area contributed by atoms with Gasteiger partial charge in [0, 0.05) is 50.5 Å². The lowest BCUT2D eigenvalue weighted by Crippen LogP contribution is -2.48. The zero-order valence-electron chi connectivity index (χ0n) is 19.5. The largest absolute Gasteiger partial charge is 0.369 e. The van der Waals surface area contributed by atoms with E-state index in [0.717, 1.165) is 38.3 Å². The van der Waals surface area contributed by atoms with E-state index < -0.39 is 0 Å². The van der Waals surface area contributed by atoms with Crippen LogP contribution < -0.4 is 10.2 Å². The number of nitrogens with one attached hydrogen (secondary N) is 1. The average molecular weight is 469 g/mol. The van der Waals surface area contributed by atoms with Gasteiger partial charge in [-0.25, -0.2) is 0 Å². The van der Waals surface area contributed by atoms with Gasteiger partial charge in [-0.2, -0.15) is 0 Å². The van der Waals surface area contributed by atoms with E-state index in [2.05, 4.69) is 39.4 Å². The van der Waals surface area contributed by atoms with E-state index in [4.69, 9.17) is 0 Å². The second-order valence-corrected chi connectivity index (χ2v) is 8.86. The number of para-hydroxylation sites is 1. The maximum Gasteiger partial charge on any atom is 0.261 e. The van der Waals surface area contributed by atoms with Gasteiger partial charge < -0.3 is 10.2 Å². The quantitative estimate of drug-likeness (QED) is 0.540. The number of anilines is 1. The van der Waals surface area contributed by atoms with Gasteiger partial charge in [0.2, 0.25) is 0 Å². The summed E-state index contributed by atoms with van der Waals surface area (Å²) in [6, 6.07) is 24.5.